The van der Waals surface area contributed by atoms with Crippen LogP contribution in [0.4, 0.5) is 9.18 Å². The van der Waals surface area contributed by atoms with Crippen molar-refractivity contribution in [1.29, 1.82) is 0 Å². The van der Waals surface area contributed by atoms with E-state index < -0.39 is 11.8 Å². The van der Waals surface area contributed by atoms with Crippen molar-refractivity contribution in [1.82, 2.24) is 5.43 Å². The van der Waals surface area contributed by atoms with Gasteiger partial charge in [0.1, 0.15) is 0 Å². The van der Waals surface area contributed by atoms with Crippen LogP contribution < -0.4 is 11.2 Å². The SMILES string of the molecule is NC(=O)N/N=C/c1cccc(Cl)c1F. The quantitative estimate of drug-likeness (QED) is 0.570. The molecule has 1 aromatic rings. The van der Waals surface area contributed by atoms with Crippen molar-refractivity contribution in [3.8, 4) is 0 Å². The maximum Gasteiger partial charge on any atom is 0.332 e. The van der Waals surface area contributed by atoms with Crippen LogP contribution >= 0.6 is 11.6 Å². The largest absolute Gasteiger partial charge is 0.350 e. The predicted molar refractivity (Wildman–Crippen MR) is 51.7 cm³/mol. The average molecular weight is 216 g/mol. The molecule has 0 aliphatic heterocycles. The van der Waals surface area contributed by atoms with Gasteiger partial charge in [0.25, 0.3) is 0 Å². The lowest BCUT2D eigenvalue weighted by molar-refractivity contribution is 0.249. The van der Waals surface area contributed by atoms with Gasteiger partial charge in [0, 0.05) is 5.56 Å². The molecule has 1 aromatic carbocycles. The summed E-state index contributed by atoms with van der Waals surface area (Å²) in [5, 5.41) is 3.39. The second-order valence-corrected chi connectivity index (χ2v) is 2.78. The normalized spacial score (nSPS) is 10.4. The van der Waals surface area contributed by atoms with Gasteiger partial charge in [0.15, 0.2) is 5.82 Å². The van der Waals surface area contributed by atoms with E-state index in [1.165, 1.54) is 12.1 Å². The van der Waals surface area contributed by atoms with Gasteiger partial charge in [0.05, 0.1) is 11.2 Å². The fourth-order valence-corrected chi connectivity index (χ4v) is 0.967. The lowest BCUT2D eigenvalue weighted by Gasteiger charge is -1.97. The summed E-state index contributed by atoms with van der Waals surface area (Å²) in [5.41, 5.74) is 6.85. The van der Waals surface area contributed by atoms with E-state index in [1.54, 1.807) is 6.07 Å². The highest BCUT2D eigenvalue weighted by Gasteiger charge is 2.02. The van der Waals surface area contributed by atoms with Gasteiger partial charge in [-0.05, 0) is 6.07 Å². The highest BCUT2D eigenvalue weighted by Crippen LogP contribution is 2.15. The Hall–Kier alpha value is -1.62. The fraction of sp³-hybridized carbons (Fsp3) is 0. The van der Waals surface area contributed by atoms with Crippen LogP contribution in [0.3, 0.4) is 0 Å². The van der Waals surface area contributed by atoms with E-state index in [0.29, 0.717) is 0 Å². The van der Waals surface area contributed by atoms with Gasteiger partial charge in [-0.25, -0.2) is 14.6 Å². The molecule has 0 fully saturated rings. The zero-order valence-corrected chi connectivity index (χ0v) is 7.75. The summed E-state index contributed by atoms with van der Waals surface area (Å²) in [7, 11) is 0. The lowest BCUT2D eigenvalue weighted by atomic mass is 10.2. The zero-order valence-electron chi connectivity index (χ0n) is 7.00. The third-order valence-electron chi connectivity index (χ3n) is 1.36. The summed E-state index contributed by atoms with van der Waals surface area (Å²) in [4.78, 5) is 10.2. The molecule has 0 aromatic heterocycles. The first-order valence-electron chi connectivity index (χ1n) is 3.64. The molecule has 0 spiro atoms. The number of amides is 2. The van der Waals surface area contributed by atoms with Crippen molar-refractivity contribution >= 4 is 23.8 Å². The standard InChI is InChI=1S/C8H7ClFN3O/c9-6-3-1-2-5(7(6)10)4-12-13-8(11)14/h1-4H,(H3,11,13,14)/b12-4+. The van der Waals surface area contributed by atoms with Crippen LogP contribution in [0.2, 0.25) is 5.02 Å². The Morgan fingerprint density at radius 1 is 1.64 bits per heavy atom. The van der Waals surface area contributed by atoms with Crippen LogP contribution in [0, 0.1) is 5.82 Å². The summed E-state index contributed by atoms with van der Waals surface area (Å²) in [5.74, 6) is -0.593. The average Bonchev–Trinajstić information content (AvgIpc) is 2.12. The number of carbonyl (C=O) groups excluding carboxylic acids is 1. The van der Waals surface area contributed by atoms with E-state index in [9.17, 15) is 9.18 Å². The van der Waals surface area contributed by atoms with Gasteiger partial charge in [-0.2, -0.15) is 5.10 Å². The Morgan fingerprint density at radius 2 is 2.36 bits per heavy atom. The van der Waals surface area contributed by atoms with Gasteiger partial charge < -0.3 is 5.73 Å². The smallest absolute Gasteiger partial charge is 0.332 e. The molecule has 0 saturated carbocycles. The molecule has 2 amide bonds. The van der Waals surface area contributed by atoms with Gasteiger partial charge in [-0.3, -0.25) is 0 Å². The Kier molecular flexibility index (Phi) is 3.41. The van der Waals surface area contributed by atoms with Crippen LogP contribution in [-0.4, -0.2) is 12.2 Å². The van der Waals surface area contributed by atoms with Crippen LogP contribution in [0.25, 0.3) is 0 Å². The summed E-state index contributed by atoms with van der Waals surface area (Å²) in [6.07, 6.45) is 1.12. The third-order valence-corrected chi connectivity index (χ3v) is 1.65. The van der Waals surface area contributed by atoms with E-state index in [2.05, 4.69) is 5.10 Å². The number of nitrogens with zero attached hydrogens (tertiary/aromatic N) is 1. The number of rotatable bonds is 2. The number of nitrogens with two attached hydrogens (primary N) is 1. The Bertz CT molecular complexity index is 381. The molecule has 0 radical (unpaired) electrons. The molecule has 0 saturated heterocycles. The number of urea groups is 1. The van der Waals surface area contributed by atoms with Crippen molar-refractivity contribution < 1.29 is 9.18 Å². The fourth-order valence-electron chi connectivity index (χ4n) is 0.786. The second-order valence-electron chi connectivity index (χ2n) is 2.38. The maximum atomic E-state index is 13.2. The molecule has 0 bridgehead atoms. The molecule has 4 nitrogen and oxygen atoms in total. The lowest BCUT2D eigenvalue weighted by Crippen LogP contribution is -2.24. The third kappa shape index (κ3) is 2.70. The van der Waals surface area contributed by atoms with E-state index in [0.717, 1.165) is 6.21 Å². The van der Waals surface area contributed by atoms with Crippen molar-refractivity contribution in [2.45, 2.75) is 0 Å². The van der Waals surface area contributed by atoms with E-state index >= 15 is 0 Å². The Morgan fingerprint density at radius 3 is 3.00 bits per heavy atom. The van der Waals surface area contributed by atoms with Gasteiger partial charge >= 0.3 is 6.03 Å². The number of halogens is 2. The number of primary amides is 1. The predicted octanol–water partition coefficient (Wildman–Crippen LogP) is 1.48. The summed E-state index contributed by atoms with van der Waals surface area (Å²) in [6.45, 7) is 0. The zero-order chi connectivity index (χ0) is 10.6. The summed E-state index contributed by atoms with van der Waals surface area (Å²) < 4.78 is 13.2. The molecule has 0 heterocycles. The maximum absolute atomic E-state index is 13.2. The van der Waals surface area contributed by atoms with Gasteiger partial charge in [-0.1, -0.05) is 23.7 Å². The highest BCUT2D eigenvalue weighted by atomic mass is 35.5. The van der Waals surface area contributed by atoms with Crippen molar-refractivity contribution in [3.63, 3.8) is 0 Å². The number of hydrazone groups is 1. The van der Waals surface area contributed by atoms with Crippen molar-refractivity contribution in [3.05, 3.63) is 34.6 Å². The molecular formula is C8H7ClFN3O. The number of nitrogens with one attached hydrogen (secondary N) is 1. The van der Waals surface area contributed by atoms with E-state index in [4.69, 9.17) is 17.3 Å². The minimum absolute atomic E-state index is 0.00646. The Labute approximate surface area is 84.5 Å². The van der Waals surface area contributed by atoms with Crippen LogP contribution in [0.15, 0.2) is 23.3 Å². The van der Waals surface area contributed by atoms with Gasteiger partial charge in [-0.15, -0.1) is 0 Å². The first-order valence-corrected chi connectivity index (χ1v) is 4.01. The molecule has 6 heteroatoms. The van der Waals surface area contributed by atoms with Crippen molar-refractivity contribution in [2.75, 3.05) is 0 Å². The highest BCUT2D eigenvalue weighted by molar-refractivity contribution is 6.31. The van der Waals surface area contributed by atoms with Gasteiger partial charge in [0.2, 0.25) is 0 Å². The monoisotopic (exact) mass is 215 g/mol. The molecule has 0 aliphatic rings. The summed E-state index contributed by atoms with van der Waals surface area (Å²) >= 11 is 5.51. The van der Waals surface area contributed by atoms with Crippen LogP contribution in [0.5, 0.6) is 0 Å². The second kappa shape index (κ2) is 4.57. The molecule has 74 valence electrons. The molecule has 3 N–H and O–H groups in total. The van der Waals surface area contributed by atoms with E-state index in [1.807, 2.05) is 5.43 Å². The molecule has 0 atom stereocenters. The number of carbonyl (C=O) groups is 1. The minimum Gasteiger partial charge on any atom is -0.350 e. The van der Waals surface area contributed by atoms with Crippen molar-refractivity contribution in [2.24, 2.45) is 10.8 Å². The summed E-state index contributed by atoms with van der Waals surface area (Å²) in [6, 6.07) is 3.63. The molecule has 0 aliphatic carbocycles. The molecular weight excluding hydrogens is 209 g/mol. The van der Waals surface area contributed by atoms with E-state index in [-0.39, 0.29) is 10.6 Å². The Balaban J connectivity index is 2.81. The topological polar surface area (TPSA) is 67.5 Å². The number of hydrogen-bond acceptors (Lipinski definition) is 2. The first-order chi connectivity index (χ1) is 6.61. The molecule has 0 unspecified atom stereocenters. The molecule has 14 heavy (non-hydrogen) atoms. The number of benzene rings is 1. The van der Waals surface area contributed by atoms with Crippen LogP contribution in [0.1, 0.15) is 5.56 Å². The number of hydrogen-bond donors (Lipinski definition) is 2. The first kappa shape index (κ1) is 10.5. The van der Waals surface area contributed by atoms with Crippen LogP contribution in [-0.2, 0) is 0 Å². The minimum atomic E-state index is -0.816. The molecule has 1 rings (SSSR count).